The van der Waals surface area contributed by atoms with E-state index in [1.54, 1.807) is 26.4 Å². The molecule has 0 unspecified atom stereocenters. The molecule has 0 amide bonds. The zero-order valence-electron chi connectivity index (χ0n) is 15.1. The highest BCUT2D eigenvalue weighted by Gasteiger charge is 2.12. The van der Waals surface area contributed by atoms with Gasteiger partial charge in [-0.3, -0.25) is 9.48 Å². The molecule has 0 aliphatic carbocycles. The normalized spacial score (nSPS) is 10.9. The van der Waals surface area contributed by atoms with Crippen LogP contribution in [-0.2, 0) is 13.7 Å². The van der Waals surface area contributed by atoms with Gasteiger partial charge in [-0.15, -0.1) is 0 Å². The van der Waals surface area contributed by atoms with E-state index in [9.17, 15) is 4.79 Å². The molecule has 0 aliphatic rings. The average Bonchev–Trinajstić information content (AvgIpc) is 3.03. The number of halogens is 1. The van der Waals surface area contributed by atoms with Gasteiger partial charge in [-0.2, -0.15) is 5.10 Å². The van der Waals surface area contributed by atoms with E-state index >= 15 is 0 Å². The number of rotatable bonds is 7. The van der Waals surface area contributed by atoms with Crippen LogP contribution in [0.3, 0.4) is 0 Å². The molecular weight excluding hydrogens is 364 g/mol. The van der Waals surface area contributed by atoms with Gasteiger partial charge in [-0.1, -0.05) is 41.9 Å². The smallest absolute Gasteiger partial charge is 0.207 e. The predicted molar refractivity (Wildman–Crippen MR) is 105 cm³/mol. The lowest BCUT2D eigenvalue weighted by Gasteiger charge is -2.11. The average molecular weight is 383 g/mol. The minimum atomic E-state index is -0.251. The number of aromatic nitrogens is 2. The summed E-state index contributed by atoms with van der Waals surface area (Å²) in [6.45, 7) is 0.356. The molecule has 2 aromatic carbocycles. The van der Waals surface area contributed by atoms with Gasteiger partial charge in [0.1, 0.15) is 18.1 Å². The molecule has 3 aromatic rings. The minimum absolute atomic E-state index is 0.233. The number of aryl methyl sites for hydroxylation is 1. The van der Waals surface area contributed by atoms with Crippen molar-refractivity contribution in [3.8, 4) is 11.5 Å². The van der Waals surface area contributed by atoms with Crippen molar-refractivity contribution in [1.82, 2.24) is 9.78 Å². The van der Waals surface area contributed by atoms with Gasteiger partial charge >= 0.3 is 0 Å². The number of carbonyl (C=O) groups is 1. The molecule has 1 aromatic heterocycles. The highest BCUT2D eigenvalue weighted by molar-refractivity contribution is 6.34. The molecule has 138 valence electrons. The number of hydrogen-bond donors (Lipinski definition) is 0. The lowest BCUT2D eigenvalue weighted by molar-refractivity contribution is 0.104. The van der Waals surface area contributed by atoms with Crippen molar-refractivity contribution in [3.63, 3.8) is 0 Å². The number of methoxy groups -OCH3 is 1. The molecule has 1 heterocycles. The standard InChI is InChI=1S/C21H19ClN2O3/c1-24-13-18(22)21(23-24)19(25)10-8-15-9-11-20(26-2)16(12-15)14-27-17-6-4-3-5-7-17/h3-13H,14H2,1-2H3/b10-8+. The van der Waals surface area contributed by atoms with Gasteiger partial charge < -0.3 is 9.47 Å². The number of benzene rings is 2. The van der Waals surface area contributed by atoms with Crippen LogP contribution in [0.2, 0.25) is 5.02 Å². The first-order chi connectivity index (χ1) is 13.1. The van der Waals surface area contributed by atoms with Crippen LogP contribution in [-0.4, -0.2) is 22.7 Å². The summed E-state index contributed by atoms with van der Waals surface area (Å²) in [4.78, 5) is 12.3. The molecular formula is C21H19ClN2O3. The van der Waals surface area contributed by atoms with Crippen molar-refractivity contribution in [2.45, 2.75) is 6.61 Å². The van der Waals surface area contributed by atoms with Crippen LogP contribution in [0.15, 0.2) is 60.8 Å². The lowest BCUT2D eigenvalue weighted by atomic mass is 10.1. The first-order valence-electron chi connectivity index (χ1n) is 8.33. The van der Waals surface area contributed by atoms with Gasteiger partial charge in [0.25, 0.3) is 0 Å². The molecule has 0 bridgehead atoms. The SMILES string of the molecule is COc1ccc(/C=C/C(=O)c2nn(C)cc2Cl)cc1COc1ccccc1. The molecule has 0 atom stereocenters. The van der Waals surface area contributed by atoms with E-state index in [4.69, 9.17) is 21.1 Å². The Labute approximate surface area is 162 Å². The van der Waals surface area contributed by atoms with E-state index in [-0.39, 0.29) is 11.5 Å². The van der Waals surface area contributed by atoms with Crippen molar-refractivity contribution in [2.75, 3.05) is 7.11 Å². The van der Waals surface area contributed by atoms with E-state index in [0.29, 0.717) is 11.6 Å². The molecule has 0 radical (unpaired) electrons. The molecule has 0 aliphatic heterocycles. The fourth-order valence-corrected chi connectivity index (χ4v) is 2.84. The number of ether oxygens (including phenoxy) is 2. The first-order valence-corrected chi connectivity index (χ1v) is 8.71. The Balaban J connectivity index is 1.76. The van der Waals surface area contributed by atoms with Gasteiger partial charge in [0.2, 0.25) is 5.78 Å². The molecule has 5 nitrogen and oxygen atoms in total. The molecule has 27 heavy (non-hydrogen) atoms. The van der Waals surface area contributed by atoms with Gasteiger partial charge in [0.15, 0.2) is 5.69 Å². The van der Waals surface area contributed by atoms with E-state index < -0.39 is 0 Å². The van der Waals surface area contributed by atoms with Crippen LogP contribution in [0.5, 0.6) is 11.5 Å². The molecule has 3 rings (SSSR count). The fourth-order valence-electron chi connectivity index (χ4n) is 2.57. The number of allylic oxidation sites excluding steroid dienone is 1. The second kappa shape index (κ2) is 8.56. The third-order valence-electron chi connectivity index (χ3n) is 3.89. The number of para-hydroxylation sites is 1. The third-order valence-corrected chi connectivity index (χ3v) is 4.16. The van der Waals surface area contributed by atoms with Crippen molar-refractivity contribution in [2.24, 2.45) is 7.05 Å². The Kier molecular flexibility index (Phi) is 5.94. The lowest BCUT2D eigenvalue weighted by Crippen LogP contribution is -2.00. The van der Waals surface area contributed by atoms with Crippen LogP contribution in [0, 0.1) is 0 Å². The minimum Gasteiger partial charge on any atom is -0.496 e. The highest BCUT2D eigenvalue weighted by atomic mass is 35.5. The summed E-state index contributed by atoms with van der Waals surface area (Å²) >= 11 is 6.01. The van der Waals surface area contributed by atoms with Gasteiger partial charge in [-0.05, 0) is 35.9 Å². The van der Waals surface area contributed by atoms with Crippen LogP contribution >= 0.6 is 11.6 Å². The number of hydrogen-bond acceptors (Lipinski definition) is 4. The summed E-state index contributed by atoms with van der Waals surface area (Å²) in [6.07, 6.45) is 4.77. The van der Waals surface area contributed by atoms with Crippen molar-refractivity contribution >= 4 is 23.5 Å². The highest BCUT2D eigenvalue weighted by Crippen LogP contribution is 2.23. The summed E-state index contributed by atoms with van der Waals surface area (Å²) in [5, 5.41) is 4.41. The predicted octanol–water partition coefficient (Wildman–Crippen LogP) is 4.56. The zero-order chi connectivity index (χ0) is 19.2. The maximum atomic E-state index is 12.3. The molecule has 0 saturated carbocycles. The Bertz CT molecular complexity index is 965. The third kappa shape index (κ3) is 4.77. The Morgan fingerprint density at radius 2 is 2.00 bits per heavy atom. The Morgan fingerprint density at radius 1 is 1.22 bits per heavy atom. The van der Waals surface area contributed by atoms with Gasteiger partial charge in [0, 0.05) is 18.8 Å². The largest absolute Gasteiger partial charge is 0.496 e. The van der Waals surface area contributed by atoms with E-state index in [0.717, 1.165) is 22.6 Å². The zero-order valence-corrected chi connectivity index (χ0v) is 15.8. The molecule has 0 saturated heterocycles. The Hall–Kier alpha value is -3.05. The fraction of sp³-hybridized carbons (Fsp3) is 0.143. The summed E-state index contributed by atoms with van der Waals surface area (Å²) < 4.78 is 12.7. The first kappa shape index (κ1) is 18.7. The van der Waals surface area contributed by atoms with E-state index in [1.165, 1.54) is 10.8 Å². The van der Waals surface area contributed by atoms with Gasteiger partial charge in [0.05, 0.1) is 12.1 Å². The molecule has 0 fully saturated rings. The maximum Gasteiger partial charge on any atom is 0.207 e. The van der Waals surface area contributed by atoms with Crippen LogP contribution in [0.4, 0.5) is 0 Å². The van der Waals surface area contributed by atoms with Crippen LogP contribution < -0.4 is 9.47 Å². The second-order valence-corrected chi connectivity index (χ2v) is 6.28. The summed E-state index contributed by atoms with van der Waals surface area (Å²) in [7, 11) is 3.33. The van der Waals surface area contributed by atoms with Crippen LogP contribution in [0.25, 0.3) is 6.08 Å². The van der Waals surface area contributed by atoms with Crippen molar-refractivity contribution in [1.29, 1.82) is 0 Å². The quantitative estimate of drug-likeness (QED) is 0.444. The summed E-state index contributed by atoms with van der Waals surface area (Å²) in [5.74, 6) is 1.25. The number of nitrogens with zero attached hydrogens (tertiary/aromatic N) is 2. The van der Waals surface area contributed by atoms with E-state index in [1.807, 2.05) is 48.5 Å². The summed E-state index contributed by atoms with van der Waals surface area (Å²) in [6, 6.07) is 15.2. The van der Waals surface area contributed by atoms with E-state index in [2.05, 4.69) is 5.10 Å². The Morgan fingerprint density at radius 3 is 2.67 bits per heavy atom. The number of ketones is 1. The molecule has 6 heteroatoms. The topological polar surface area (TPSA) is 53.3 Å². The van der Waals surface area contributed by atoms with Gasteiger partial charge in [-0.25, -0.2) is 0 Å². The van der Waals surface area contributed by atoms with Crippen molar-refractivity contribution in [3.05, 3.63) is 82.6 Å². The molecule has 0 spiro atoms. The monoisotopic (exact) mass is 382 g/mol. The molecule has 0 N–H and O–H groups in total. The summed E-state index contributed by atoms with van der Waals surface area (Å²) in [5.41, 5.74) is 1.96. The number of carbonyl (C=O) groups excluding carboxylic acids is 1. The second-order valence-electron chi connectivity index (χ2n) is 5.87. The van der Waals surface area contributed by atoms with Crippen LogP contribution in [0.1, 0.15) is 21.6 Å². The maximum absolute atomic E-state index is 12.3. The van der Waals surface area contributed by atoms with Crippen molar-refractivity contribution < 1.29 is 14.3 Å².